The Kier molecular flexibility index (Phi) is 3.32. The summed E-state index contributed by atoms with van der Waals surface area (Å²) >= 11 is 0. The van der Waals surface area contributed by atoms with E-state index in [9.17, 15) is 9.59 Å². The second-order valence-electron chi connectivity index (χ2n) is 8.82. The zero-order valence-corrected chi connectivity index (χ0v) is 14.9. The lowest BCUT2D eigenvalue weighted by molar-refractivity contribution is -0.195. The number of esters is 1. The number of alkyl halides is 1. The van der Waals surface area contributed by atoms with Crippen molar-refractivity contribution in [3.05, 3.63) is 29.3 Å². The Balaban J connectivity index is 1.40. The van der Waals surface area contributed by atoms with Crippen LogP contribution in [0, 0.1) is 17.8 Å². The fourth-order valence-electron chi connectivity index (χ4n) is 6.20. The van der Waals surface area contributed by atoms with E-state index in [1.807, 2.05) is 0 Å². The topological polar surface area (TPSA) is 52.6 Å². The smallest absolute Gasteiger partial charge is 0.353 e. The van der Waals surface area contributed by atoms with Crippen LogP contribution in [-0.2, 0) is 16.0 Å². The molecule has 0 radical (unpaired) electrons. The van der Waals surface area contributed by atoms with Crippen LogP contribution in [0.4, 0.5) is 4.39 Å². The summed E-state index contributed by atoms with van der Waals surface area (Å²) in [4.78, 5) is 25.5. The van der Waals surface area contributed by atoms with Gasteiger partial charge in [0, 0.05) is 12.0 Å². The molecule has 0 amide bonds. The number of hydrogen-bond acceptors (Lipinski definition) is 4. The SMILES string of the molecule is COc1ccc2c(c1)C(=O)C(F)(C(=O)OC13CC4CC(CC(C4)C1)C3)C2. The van der Waals surface area contributed by atoms with Crippen molar-refractivity contribution in [2.24, 2.45) is 17.8 Å². The van der Waals surface area contributed by atoms with Gasteiger partial charge in [0.05, 0.1) is 7.11 Å². The first-order chi connectivity index (χ1) is 12.4. The van der Waals surface area contributed by atoms with Gasteiger partial charge in [-0.2, -0.15) is 0 Å². The van der Waals surface area contributed by atoms with Crippen LogP contribution in [0.1, 0.15) is 54.4 Å². The predicted molar refractivity (Wildman–Crippen MR) is 91.9 cm³/mol. The summed E-state index contributed by atoms with van der Waals surface area (Å²) in [6, 6.07) is 4.85. The van der Waals surface area contributed by atoms with Crippen molar-refractivity contribution in [3.63, 3.8) is 0 Å². The minimum absolute atomic E-state index is 0.231. The number of fused-ring (bicyclic) bond motifs is 1. The van der Waals surface area contributed by atoms with Gasteiger partial charge in [-0.05, 0) is 74.0 Å². The van der Waals surface area contributed by atoms with E-state index < -0.39 is 23.0 Å². The molecule has 1 atom stereocenters. The Morgan fingerprint density at radius 2 is 1.73 bits per heavy atom. The molecule has 138 valence electrons. The maximum atomic E-state index is 15.5. The minimum atomic E-state index is -2.60. The molecule has 0 aliphatic heterocycles. The summed E-state index contributed by atoms with van der Waals surface area (Å²) < 4.78 is 26.5. The van der Waals surface area contributed by atoms with Gasteiger partial charge < -0.3 is 9.47 Å². The number of carbonyl (C=O) groups excluding carboxylic acids is 2. The molecule has 0 saturated heterocycles. The number of methoxy groups -OCH3 is 1. The zero-order chi connectivity index (χ0) is 18.1. The second-order valence-corrected chi connectivity index (χ2v) is 8.82. The Morgan fingerprint density at radius 3 is 2.31 bits per heavy atom. The van der Waals surface area contributed by atoms with Crippen LogP contribution in [0.5, 0.6) is 5.75 Å². The lowest BCUT2D eigenvalue weighted by Crippen LogP contribution is -2.55. The van der Waals surface area contributed by atoms with E-state index in [1.54, 1.807) is 12.1 Å². The fourth-order valence-corrected chi connectivity index (χ4v) is 6.20. The summed E-state index contributed by atoms with van der Waals surface area (Å²) in [6.07, 6.45) is 5.88. The van der Waals surface area contributed by atoms with Crippen molar-refractivity contribution in [3.8, 4) is 5.75 Å². The summed E-state index contributed by atoms with van der Waals surface area (Å²) in [6.45, 7) is 0. The van der Waals surface area contributed by atoms with Gasteiger partial charge in [0.25, 0.3) is 5.67 Å². The second kappa shape index (κ2) is 5.30. The van der Waals surface area contributed by atoms with Crippen LogP contribution >= 0.6 is 0 Å². The summed E-state index contributed by atoms with van der Waals surface area (Å²) in [7, 11) is 1.49. The van der Waals surface area contributed by atoms with Crippen LogP contribution in [-0.4, -0.2) is 30.1 Å². The number of ether oxygens (including phenoxy) is 2. The van der Waals surface area contributed by atoms with Gasteiger partial charge in [-0.3, -0.25) is 4.79 Å². The lowest BCUT2D eigenvalue weighted by atomic mass is 9.54. The third kappa shape index (κ3) is 2.25. The van der Waals surface area contributed by atoms with Crippen molar-refractivity contribution < 1.29 is 23.5 Å². The highest BCUT2D eigenvalue weighted by atomic mass is 19.1. The number of rotatable bonds is 3. The maximum absolute atomic E-state index is 15.5. The molecule has 1 aromatic carbocycles. The Hall–Kier alpha value is -1.91. The Labute approximate surface area is 152 Å². The highest BCUT2D eigenvalue weighted by molar-refractivity contribution is 6.19. The van der Waals surface area contributed by atoms with E-state index in [-0.39, 0.29) is 12.0 Å². The van der Waals surface area contributed by atoms with E-state index in [0.717, 1.165) is 19.3 Å². The van der Waals surface area contributed by atoms with Crippen molar-refractivity contribution >= 4 is 11.8 Å². The largest absolute Gasteiger partial charge is 0.497 e. The van der Waals surface area contributed by atoms with E-state index in [2.05, 4.69) is 0 Å². The number of carbonyl (C=O) groups is 2. The molecule has 0 heterocycles. The van der Waals surface area contributed by atoms with E-state index in [1.165, 1.54) is 32.4 Å². The number of halogens is 1. The quantitative estimate of drug-likeness (QED) is 0.611. The Bertz CT molecular complexity index is 766. The van der Waals surface area contributed by atoms with Gasteiger partial charge in [0.15, 0.2) is 0 Å². The van der Waals surface area contributed by atoms with Gasteiger partial charge in [0.2, 0.25) is 5.78 Å². The average molecular weight is 358 g/mol. The molecule has 1 aromatic rings. The summed E-state index contributed by atoms with van der Waals surface area (Å²) in [5, 5.41) is 0. The molecule has 4 fully saturated rings. The van der Waals surface area contributed by atoms with Gasteiger partial charge in [-0.1, -0.05) is 6.07 Å². The molecule has 1 unspecified atom stereocenters. The molecule has 4 nitrogen and oxygen atoms in total. The molecular weight excluding hydrogens is 335 g/mol. The molecule has 5 heteroatoms. The number of ketones is 1. The third-order valence-corrected chi connectivity index (χ3v) is 6.97. The maximum Gasteiger partial charge on any atom is 0.353 e. The first-order valence-corrected chi connectivity index (χ1v) is 9.55. The van der Waals surface area contributed by atoms with Crippen LogP contribution < -0.4 is 4.74 Å². The summed E-state index contributed by atoms with van der Waals surface area (Å²) in [5.41, 5.74) is -2.37. The average Bonchev–Trinajstić information content (AvgIpc) is 2.85. The standard InChI is InChI=1S/C21H23FO4/c1-25-16-3-2-15-11-21(22,18(23)17(15)7-16)19(24)26-20-8-12-4-13(9-20)6-14(5-12)10-20/h2-3,7,12-14H,4-6,8-11H2,1H3. The number of Topliss-reactive ketones (excluding diaryl/α,β-unsaturated/α-hetero) is 1. The molecular formula is C21H23FO4. The van der Waals surface area contributed by atoms with Crippen LogP contribution in [0.2, 0.25) is 0 Å². The van der Waals surface area contributed by atoms with Crippen molar-refractivity contribution in [2.75, 3.05) is 7.11 Å². The lowest BCUT2D eigenvalue weighted by Gasteiger charge is -2.55. The highest BCUT2D eigenvalue weighted by Crippen LogP contribution is 2.57. The van der Waals surface area contributed by atoms with Gasteiger partial charge in [-0.15, -0.1) is 0 Å². The first kappa shape index (κ1) is 16.3. The van der Waals surface area contributed by atoms with Crippen LogP contribution in [0.15, 0.2) is 18.2 Å². The summed E-state index contributed by atoms with van der Waals surface area (Å²) in [5.74, 6) is 0.470. The third-order valence-electron chi connectivity index (χ3n) is 6.97. The van der Waals surface area contributed by atoms with Crippen molar-refractivity contribution in [1.29, 1.82) is 0 Å². The van der Waals surface area contributed by atoms with Gasteiger partial charge >= 0.3 is 5.97 Å². The predicted octanol–water partition coefficient (Wildman–Crippen LogP) is 3.65. The monoisotopic (exact) mass is 358 g/mol. The molecule has 5 aliphatic rings. The number of hydrogen-bond donors (Lipinski definition) is 0. The molecule has 0 N–H and O–H groups in total. The molecule has 6 rings (SSSR count). The molecule has 4 saturated carbocycles. The van der Waals surface area contributed by atoms with Crippen LogP contribution in [0.3, 0.4) is 0 Å². The zero-order valence-electron chi connectivity index (χ0n) is 14.9. The highest BCUT2D eigenvalue weighted by Gasteiger charge is 2.59. The van der Waals surface area contributed by atoms with E-state index in [0.29, 0.717) is 29.1 Å². The number of benzene rings is 1. The van der Waals surface area contributed by atoms with Crippen LogP contribution in [0.25, 0.3) is 0 Å². The normalized spacial score (nSPS) is 39.8. The van der Waals surface area contributed by atoms with E-state index >= 15 is 4.39 Å². The molecule has 0 spiro atoms. The molecule has 0 aromatic heterocycles. The molecule has 4 bridgehead atoms. The first-order valence-electron chi connectivity index (χ1n) is 9.55. The van der Waals surface area contributed by atoms with Gasteiger partial charge in [0.1, 0.15) is 11.4 Å². The molecule has 26 heavy (non-hydrogen) atoms. The van der Waals surface area contributed by atoms with Crippen molar-refractivity contribution in [1.82, 2.24) is 0 Å². The Morgan fingerprint density at radius 1 is 1.12 bits per heavy atom. The van der Waals surface area contributed by atoms with E-state index in [4.69, 9.17) is 9.47 Å². The van der Waals surface area contributed by atoms with Gasteiger partial charge in [-0.25, -0.2) is 9.18 Å². The minimum Gasteiger partial charge on any atom is -0.497 e. The molecule has 5 aliphatic carbocycles. The fraction of sp³-hybridized carbons (Fsp3) is 0.619. The van der Waals surface area contributed by atoms with Crippen molar-refractivity contribution in [2.45, 2.75) is 56.2 Å².